The first-order chi connectivity index (χ1) is 23.1. The summed E-state index contributed by atoms with van der Waals surface area (Å²) in [6, 6.07) is 23.3. The van der Waals surface area contributed by atoms with Gasteiger partial charge in [-0.3, -0.25) is 9.69 Å². The van der Waals surface area contributed by atoms with Crippen molar-refractivity contribution in [1.82, 2.24) is 4.90 Å². The van der Waals surface area contributed by atoms with Gasteiger partial charge >= 0.3 is 35.7 Å². The summed E-state index contributed by atoms with van der Waals surface area (Å²) < 4.78 is 58.5. The minimum atomic E-state index is -4.24. The van der Waals surface area contributed by atoms with Gasteiger partial charge in [0.25, 0.3) is 0 Å². The first-order valence-electron chi connectivity index (χ1n) is 14.8. The fraction of sp³-hybridized carbons (Fsp3) is 0.229. The van der Waals surface area contributed by atoms with Gasteiger partial charge in [-0.2, -0.15) is 8.78 Å². The fourth-order valence-corrected chi connectivity index (χ4v) is 4.95. The van der Waals surface area contributed by atoms with Gasteiger partial charge in [0.15, 0.2) is 18.4 Å². The third-order valence-electron chi connectivity index (χ3n) is 7.29. The fourth-order valence-electron chi connectivity index (χ4n) is 4.95. The smallest absolute Gasteiger partial charge is 0.350 e. The van der Waals surface area contributed by atoms with E-state index < -0.39 is 72.4 Å². The number of hydrogen-bond donors (Lipinski definition) is 0. The molecule has 3 aromatic rings. The molecule has 48 heavy (non-hydrogen) atoms. The van der Waals surface area contributed by atoms with E-state index in [-0.39, 0.29) is 23.3 Å². The Bertz CT molecular complexity index is 1710. The lowest BCUT2D eigenvalue weighted by Crippen LogP contribution is -2.54. The normalized spacial score (nSPS) is 22.2. The van der Waals surface area contributed by atoms with Crippen molar-refractivity contribution in [3.05, 3.63) is 132 Å². The molecular formula is C35H29F2NO10. The van der Waals surface area contributed by atoms with Crippen molar-refractivity contribution in [1.29, 1.82) is 0 Å². The molecule has 3 aromatic carbocycles. The van der Waals surface area contributed by atoms with Crippen LogP contribution in [0, 0.1) is 0 Å². The molecule has 0 N–H and O–H groups in total. The van der Waals surface area contributed by atoms with Gasteiger partial charge < -0.3 is 23.7 Å². The molecule has 1 fully saturated rings. The van der Waals surface area contributed by atoms with Gasteiger partial charge in [0, 0.05) is 17.8 Å². The Labute approximate surface area is 273 Å². The zero-order valence-corrected chi connectivity index (χ0v) is 25.4. The SMILES string of the molecule is CCOC(=O)/C=C1\C=CN([C@@H]2O[C@H](COC(=O)c3ccccc3)[C@@H](OC(=O)c3ccccc3)[C@H]2OC(=O)c2ccccc2)C(=O)C1(F)F. The number of allylic oxidation sites excluding steroid dienone is 1. The van der Waals surface area contributed by atoms with Crippen LogP contribution in [0.15, 0.2) is 115 Å². The van der Waals surface area contributed by atoms with Crippen LogP contribution in [0.5, 0.6) is 0 Å². The largest absolute Gasteiger partial charge is 0.463 e. The predicted octanol–water partition coefficient (Wildman–Crippen LogP) is 4.50. The highest BCUT2D eigenvalue weighted by molar-refractivity contribution is 5.94. The van der Waals surface area contributed by atoms with Crippen LogP contribution in [0.4, 0.5) is 8.78 Å². The number of halogens is 2. The molecule has 248 valence electrons. The van der Waals surface area contributed by atoms with Crippen LogP contribution in [-0.2, 0) is 33.3 Å². The summed E-state index contributed by atoms with van der Waals surface area (Å²) in [7, 11) is 0. The van der Waals surface area contributed by atoms with Gasteiger partial charge in [0.05, 0.1) is 23.3 Å². The summed E-state index contributed by atoms with van der Waals surface area (Å²) in [6.07, 6.45) is -4.25. The molecule has 5 rings (SSSR count). The molecule has 0 saturated carbocycles. The van der Waals surface area contributed by atoms with Crippen molar-refractivity contribution in [2.24, 2.45) is 0 Å². The molecule has 4 atom stereocenters. The number of ether oxygens (including phenoxy) is 5. The molecule has 0 unspecified atom stereocenters. The van der Waals surface area contributed by atoms with Crippen LogP contribution >= 0.6 is 0 Å². The van der Waals surface area contributed by atoms with Crippen molar-refractivity contribution < 1.29 is 56.4 Å². The third-order valence-corrected chi connectivity index (χ3v) is 7.29. The molecular weight excluding hydrogens is 632 g/mol. The Morgan fingerprint density at radius 2 is 1.27 bits per heavy atom. The lowest BCUT2D eigenvalue weighted by molar-refractivity contribution is -0.167. The van der Waals surface area contributed by atoms with E-state index in [4.69, 9.17) is 23.7 Å². The average Bonchev–Trinajstić information content (AvgIpc) is 3.42. The van der Waals surface area contributed by atoms with Crippen LogP contribution in [0.3, 0.4) is 0 Å². The van der Waals surface area contributed by atoms with E-state index in [0.29, 0.717) is 11.0 Å². The molecule has 0 bridgehead atoms. The van der Waals surface area contributed by atoms with E-state index in [0.717, 1.165) is 12.3 Å². The Morgan fingerprint density at radius 1 is 0.771 bits per heavy atom. The van der Waals surface area contributed by atoms with Crippen LogP contribution < -0.4 is 0 Å². The Kier molecular flexibility index (Phi) is 10.4. The first kappa shape index (κ1) is 33.7. The summed E-state index contributed by atoms with van der Waals surface area (Å²) in [5, 5.41) is 0. The maximum Gasteiger partial charge on any atom is 0.350 e. The van der Waals surface area contributed by atoms with Crippen molar-refractivity contribution in [3.8, 4) is 0 Å². The number of rotatable bonds is 10. The summed E-state index contributed by atoms with van der Waals surface area (Å²) >= 11 is 0. The van der Waals surface area contributed by atoms with Crippen molar-refractivity contribution in [3.63, 3.8) is 0 Å². The number of amides is 1. The molecule has 0 aliphatic carbocycles. The van der Waals surface area contributed by atoms with E-state index in [2.05, 4.69) is 0 Å². The molecule has 2 heterocycles. The Hall–Kier alpha value is -5.69. The summed E-state index contributed by atoms with van der Waals surface area (Å²) in [4.78, 5) is 65.1. The number of carbonyl (C=O) groups is 5. The minimum absolute atomic E-state index is 0.0637. The highest BCUT2D eigenvalue weighted by atomic mass is 19.3. The highest BCUT2D eigenvalue weighted by Gasteiger charge is 2.57. The predicted molar refractivity (Wildman–Crippen MR) is 162 cm³/mol. The van der Waals surface area contributed by atoms with Gasteiger partial charge in [0.2, 0.25) is 0 Å². The molecule has 0 spiro atoms. The number of hydrogen-bond acceptors (Lipinski definition) is 10. The molecule has 13 heteroatoms. The maximum absolute atomic E-state index is 15.5. The van der Waals surface area contributed by atoms with Gasteiger partial charge in [-0.15, -0.1) is 0 Å². The number of carbonyl (C=O) groups excluding carboxylic acids is 5. The van der Waals surface area contributed by atoms with Gasteiger partial charge in [-0.05, 0) is 49.4 Å². The molecule has 0 aromatic heterocycles. The molecule has 11 nitrogen and oxygen atoms in total. The number of esters is 4. The Morgan fingerprint density at radius 3 is 1.79 bits per heavy atom. The Balaban J connectivity index is 1.52. The summed E-state index contributed by atoms with van der Waals surface area (Å²) in [6.45, 7) is 0.815. The monoisotopic (exact) mass is 661 g/mol. The van der Waals surface area contributed by atoms with Gasteiger partial charge in [0.1, 0.15) is 12.7 Å². The van der Waals surface area contributed by atoms with Gasteiger partial charge in [-0.1, -0.05) is 54.6 Å². The van der Waals surface area contributed by atoms with Crippen LogP contribution in [0.1, 0.15) is 38.0 Å². The maximum atomic E-state index is 15.5. The zero-order chi connectivity index (χ0) is 34.3. The van der Waals surface area contributed by atoms with Gasteiger partial charge in [-0.25, -0.2) is 19.2 Å². The zero-order valence-electron chi connectivity index (χ0n) is 25.4. The lowest BCUT2D eigenvalue weighted by Gasteiger charge is -2.34. The average molecular weight is 662 g/mol. The van der Waals surface area contributed by atoms with E-state index >= 15 is 8.78 Å². The molecule has 2 aliphatic rings. The van der Waals surface area contributed by atoms with Crippen LogP contribution in [0.25, 0.3) is 0 Å². The highest BCUT2D eigenvalue weighted by Crippen LogP contribution is 2.38. The second-order valence-corrected chi connectivity index (χ2v) is 10.5. The van der Waals surface area contributed by atoms with Crippen LogP contribution in [-0.4, -0.2) is 78.4 Å². The number of benzene rings is 3. The van der Waals surface area contributed by atoms with E-state index in [1.807, 2.05) is 0 Å². The van der Waals surface area contributed by atoms with E-state index in [9.17, 15) is 24.0 Å². The molecule has 2 aliphatic heterocycles. The number of alkyl halides is 2. The second kappa shape index (κ2) is 14.8. The van der Waals surface area contributed by atoms with Crippen molar-refractivity contribution >= 4 is 29.8 Å². The van der Waals surface area contributed by atoms with Crippen LogP contribution in [0.2, 0.25) is 0 Å². The second-order valence-electron chi connectivity index (χ2n) is 10.5. The minimum Gasteiger partial charge on any atom is -0.463 e. The molecule has 1 saturated heterocycles. The summed E-state index contributed by atoms with van der Waals surface area (Å²) in [5.74, 6) is -9.77. The molecule has 1 amide bonds. The first-order valence-corrected chi connectivity index (χ1v) is 14.8. The lowest BCUT2D eigenvalue weighted by atomic mass is 10.0. The topological polar surface area (TPSA) is 135 Å². The standard InChI is InChI=1S/C35H29F2NO10/c1-2-44-27(39)20-25-18-19-38(34(43)35(25,36)37)30-29(48-33(42)24-16-10-5-11-17-24)28(47-32(41)23-14-8-4-9-15-23)26(46-30)21-45-31(40)22-12-6-3-7-13-22/h3-20,26,28-30H,2,21H2,1H3/b25-20+/t26-,28-,29-,30-/m1/s1. The van der Waals surface area contributed by atoms with Crippen molar-refractivity contribution in [2.75, 3.05) is 13.2 Å². The quantitative estimate of drug-likeness (QED) is 0.174. The third kappa shape index (κ3) is 7.47. The number of nitrogens with zero attached hydrogens (tertiary/aromatic N) is 1. The molecule has 0 radical (unpaired) electrons. The van der Waals surface area contributed by atoms with E-state index in [1.165, 1.54) is 43.3 Å². The summed E-state index contributed by atoms with van der Waals surface area (Å²) in [5.41, 5.74) is -0.595. The van der Waals surface area contributed by atoms with E-state index in [1.54, 1.807) is 54.6 Å². The van der Waals surface area contributed by atoms with Crippen molar-refractivity contribution in [2.45, 2.75) is 37.4 Å².